The Morgan fingerprint density at radius 1 is 1.52 bits per heavy atom. The van der Waals surface area contributed by atoms with Crippen LogP contribution in [0.15, 0.2) is 30.6 Å². The summed E-state index contributed by atoms with van der Waals surface area (Å²) in [7, 11) is 0. The number of piperazine rings is 1. The van der Waals surface area contributed by atoms with E-state index >= 15 is 0 Å². The Bertz CT molecular complexity index is 667. The van der Waals surface area contributed by atoms with Crippen LogP contribution in [0.4, 0.5) is 4.79 Å². The van der Waals surface area contributed by atoms with Crippen LogP contribution < -0.4 is 11.1 Å². The number of rotatable bonds is 2. The van der Waals surface area contributed by atoms with Crippen molar-refractivity contribution in [2.75, 3.05) is 19.6 Å². The number of nitrogens with zero attached hydrogens (tertiary/aromatic N) is 3. The first-order chi connectivity index (χ1) is 10.0. The Morgan fingerprint density at radius 2 is 2.33 bits per heavy atom. The fourth-order valence-electron chi connectivity index (χ4n) is 3.27. The van der Waals surface area contributed by atoms with Crippen molar-refractivity contribution in [1.82, 2.24) is 19.6 Å². The average Bonchev–Trinajstić information content (AvgIpc) is 2.95. The Labute approximate surface area is 123 Å². The smallest absolute Gasteiger partial charge is 0.315 e. The number of hydrogen-bond donors (Lipinski definition) is 2. The lowest BCUT2D eigenvalue weighted by Gasteiger charge is -2.48. The molecule has 6 nitrogen and oxygen atoms in total. The van der Waals surface area contributed by atoms with E-state index in [0.717, 1.165) is 24.4 Å². The number of nitrogens with two attached hydrogens (primary N) is 1. The van der Waals surface area contributed by atoms with Gasteiger partial charge in [-0.25, -0.2) is 9.78 Å². The van der Waals surface area contributed by atoms with E-state index in [1.54, 1.807) is 11.1 Å². The molecule has 3 N–H and O–H groups in total. The van der Waals surface area contributed by atoms with Crippen molar-refractivity contribution in [2.24, 2.45) is 5.73 Å². The molecule has 0 radical (unpaired) electrons. The molecule has 0 spiro atoms. The largest absolute Gasteiger partial charge is 0.351 e. The summed E-state index contributed by atoms with van der Waals surface area (Å²) in [6, 6.07) is 5.70. The summed E-state index contributed by atoms with van der Waals surface area (Å²) in [5.74, 6) is 0.121. The molecule has 1 aliphatic rings. The Hall–Kier alpha value is -2.08. The third-order valence-electron chi connectivity index (χ3n) is 4.71. The fourth-order valence-corrected chi connectivity index (χ4v) is 3.27. The molecule has 1 aliphatic heterocycles. The Morgan fingerprint density at radius 3 is 3.10 bits per heavy atom. The molecule has 0 bridgehead atoms. The summed E-state index contributed by atoms with van der Waals surface area (Å²) in [5, 5.41) is 3.38. The van der Waals surface area contributed by atoms with Gasteiger partial charge in [0.1, 0.15) is 5.65 Å². The second-order valence-electron chi connectivity index (χ2n) is 5.85. The number of imidazole rings is 1. The molecular formula is C15H21N5O. The highest BCUT2D eigenvalue weighted by Gasteiger charge is 2.42. The maximum atomic E-state index is 11.8. The van der Waals surface area contributed by atoms with Crippen LogP contribution in [0, 0.1) is 0 Å². The third kappa shape index (κ3) is 2.15. The molecule has 6 heteroatoms. The molecule has 2 atom stereocenters. The fraction of sp³-hybridized carbons (Fsp3) is 0.467. The molecule has 0 aliphatic carbocycles. The highest BCUT2D eigenvalue weighted by atomic mass is 16.2. The highest BCUT2D eigenvalue weighted by Crippen LogP contribution is 2.34. The van der Waals surface area contributed by atoms with E-state index in [0.29, 0.717) is 6.54 Å². The van der Waals surface area contributed by atoms with E-state index < -0.39 is 0 Å². The van der Waals surface area contributed by atoms with Gasteiger partial charge >= 0.3 is 6.03 Å². The zero-order chi connectivity index (χ0) is 15.0. The van der Waals surface area contributed by atoms with Gasteiger partial charge in [-0.1, -0.05) is 13.0 Å². The van der Waals surface area contributed by atoms with Gasteiger partial charge in [0, 0.05) is 43.6 Å². The lowest BCUT2D eigenvalue weighted by molar-refractivity contribution is 0.0872. The zero-order valence-corrected chi connectivity index (χ0v) is 12.4. The van der Waals surface area contributed by atoms with Crippen LogP contribution in [0.2, 0.25) is 0 Å². The molecule has 112 valence electrons. The number of amides is 2. The molecule has 1 fully saturated rings. The lowest BCUT2D eigenvalue weighted by Crippen LogP contribution is -2.64. The van der Waals surface area contributed by atoms with Gasteiger partial charge in [-0.3, -0.25) is 0 Å². The van der Waals surface area contributed by atoms with E-state index in [9.17, 15) is 4.79 Å². The molecule has 2 amide bonds. The van der Waals surface area contributed by atoms with Crippen molar-refractivity contribution < 1.29 is 4.79 Å². The number of nitrogens with one attached hydrogen (secondary N) is 1. The summed E-state index contributed by atoms with van der Waals surface area (Å²) in [5.41, 5.74) is 7.27. The van der Waals surface area contributed by atoms with Crippen LogP contribution in [0.5, 0.6) is 0 Å². The number of carbonyl (C=O) groups excluding carboxylic acids is 1. The second-order valence-corrected chi connectivity index (χ2v) is 5.85. The lowest BCUT2D eigenvalue weighted by atomic mass is 9.81. The minimum absolute atomic E-state index is 0.121. The monoisotopic (exact) mass is 287 g/mol. The van der Waals surface area contributed by atoms with E-state index in [-0.39, 0.29) is 17.5 Å². The average molecular weight is 287 g/mol. The molecule has 3 rings (SSSR count). The first-order valence-electron chi connectivity index (χ1n) is 7.24. The molecule has 0 saturated carbocycles. The molecule has 0 aromatic carbocycles. The summed E-state index contributed by atoms with van der Waals surface area (Å²) in [6.45, 7) is 6.36. The SMILES string of the molecule is C[C@H](c1cccc2nccn12)C1(C)CNCCN1C(N)=O. The Kier molecular flexibility index (Phi) is 3.33. The highest BCUT2D eigenvalue weighted by molar-refractivity contribution is 5.73. The van der Waals surface area contributed by atoms with Gasteiger partial charge in [-0.2, -0.15) is 0 Å². The molecule has 2 aromatic heterocycles. The van der Waals surface area contributed by atoms with Gasteiger partial charge < -0.3 is 20.4 Å². The number of aromatic nitrogens is 2. The minimum atomic E-state index is -0.358. The number of fused-ring (bicyclic) bond motifs is 1. The van der Waals surface area contributed by atoms with Gasteiger partial charge in [-0.05, 0) is 19.1 Å². The normalized spacial score (nSPS) is 24.2. The van der Waals surface area contributed by atoms with Crippen LogP contribution in [0.25, 0.3) is 5.65 Å². The van der Waals surface area contributed by atoms with E-state index in [1.165, 1.54) is 0 Å². The molecule has 1 saturated heterocycles. The first-order valence-corrected chi connectivity index (χ1v) is 7.24. The van der Waals surface area contributed by atoms with Crippen molar-refractivity contribution in [2.45, 2.75) is 25.3 Å². The molecule has 1 unspecified atom stereocenters. The molecular weight excluding hydrogens is 266 g/mol. The first kappa shape index (κ1) is 13.9. The van der Waals surface area contributed by atoms with Gasteiger partial charge in [0.05, 0.1) is 5.54 Å². The predicted octanol–water partition coefficient (Wildman–Crippen LogP) is 1.18. The predicted molar refractivity (Wildman–Crippen MR) is 81.2 cm³/mol. The summed E-state index contributed by atoms with van der Waals surface area (Å²) in [4.78, 5) is 17.9. The van der Waals surface area contributed by atoms with Gasteiger partial charge in [0.25, 0.3) is 0 Å². The van der Waals surface area contributed by atoms with Gasteiger partial charge in [0.15, 0.2) is 0 Å². The number of pyridine rings is 1. The van der Waals surface area contributed by atoms with Crippen LogP contribution >= 0.6 is 0 Å². The number of urea groups is 1. The summed E-state index contributed by atoms with van der Waals surface area (Å²) in [6.07, 6.45) is 3.74. The molecule has 2 aromatic rings. The summed E-state index contributed by atoms with van der Waals surface area (Å²) >= 11 is 0. The van der Waals surface area contributed by atoms with Crippen LogP contribution in [-0.2, 0) is 0 Å². The van der Waals surface area contributed by atoms with E-state index in [2.05, 4.69) is 34.6 Å². The number of carbonyl (C=O) groups is 1. The quantitative estimate of drug-likeness (QED) is 0.871. The topological polar surface area (TPSA) is 75.7 Å². The van der Waals surface area contributed by atoms with E-state index in [1.807, 2.05) is 18.3 Å². The van der Waals surface area contributed by atoms with Crippen molar-refractivity contribution in [3.8, 4) is 0 Å². The molecule has 21 heavy (non-hydrogen) atoms. The second kappa shape index (κ2) is 5.04. The van der Waals surface area contributed by atoms with Crippen molar-refractivity contribution in [3.63, 3.8) is 0 Å². The maximum absolute atomic E-state index is 11.8. The standard InChI is InChI=1S/C15H21N5O/c1-11(12-4-3-5-13-18-7-8-19(12)13)15(2)10-17-6-9-20(15)14(16)21/h3-5,7-8,11,17H,6,9-10H2,1-2H3,(H2,16,21)/t11-,15?/m1/s1. The molecule has 3 heterocycles. The van der Waals surface area contributed by atoms with Crippen molar-refractivity contribution >= 4 is 11.7 Å². The van der Waals surface area contributed by atoms with Gasteiger partial charge in [-0.15, -0.1) is 0 Å². The minimum Gasteiger partial charge on any atom is -0.351 e. The number of hydrogen-bond acceptors (Lipinski definition) is 3. The van der Waals surface area contributed by atoms with E-state index in [4.69, 9.17) is 5.73 Å². The van der Waals surface area contributed by atoms with Crippen molar-refractivity contribution in [1.29, 1.82) is 0 Å². The maximum Gasteiger partial charge on any atom is 0.315 e. The van der Waals surface area contributed by atoms with Crippen molar-refractivity contribution in [3.05, 3.63) is 36.3 Å². The Balaban J connectivity index is 2.05. The van der Waals surface area contributed by atoms with Crippen LogP contribution in [0.3, 0.4) is 0 Å². The van der Waals surface area contributed by atoms with Crippen LogP contribution in [0.1, 0.15) is 25.5 Å². The van der Waals surface area contributed by atoms with Crippen LogP contribution in [-0.4, -0.2) is 45.5 Å². The van der Waals surface area contributed by atoms with Gasteiger partial charge in [0.2, 0.25) is 0 Å². The zero-order valence-electron chi connectivity index (χ0n) is 12.4. The number of primary amides is 1. The third-order valence-corrected chi connectivity index (χ3v) is 4.71. The summed E-state index contributed by atoms with van der Waals surface area (Å²) < 4.78 is 2.07.